The molecule has 1 atom stereocenters. The summed E-state index contributed by atoms with van der Waals surface area (Å²) in [5.41, 5.74) is 1.30. The average molecular weight is 406 g/mol. The summed E-state index contributed by atoms with van der Waals surface area (Å²) in [6, 6.07) is 13.8. The number of anilines is 1. The van der Waals surface area contributed by atoms with E-state index in [1.54, 1.807) is 49.5 Å². The Hall–Kier alpha value is -3.52. The highest BCUT2D eigenvalue weighted by Crippen LogP contribution is 2.17. The second-order valence-electron chi connectivity index (χ2n) is 7.26. The summed E-state index contributed by atoms with van der Waals surface area (Å²) in [5.74, 6) is -0.0557. The van der Waals surface area contributed by atoms with Crippen molar-refractivity contribution in [2.24, 2.45) is 0 Å². The Labute approximate surface area is 172 Å². The van der Waals surface area contributed by atoms with Crippen molar-refractivity contribution in [3.8, 4) is 0 Å². The highest BCUT2D eigenvalue weighted by atomic mass is 16.5. The molecular formula is C22H22N4O4. The molecule has 2 amide bonds. The Morgan fingerprint density at radius 1 is 1.23 bits per heavy atom. The van der Waals surface area contributed by atoms with Crippen molar-refractivity contribution in [3.63, 3.8) is 0 Å². The SMILES string of the molecule is CN(Cc1nc2ccccc2c(=O)[nH]1)C(=O)c1cccc(NC(=O)[C@H]2CCCO2)c1. The lowest BCUT2D eigenvalue weighted by Gasteiger charge is -2.17. The van der Waals surface area contributed by atoms with Gasteiger partial charge in [-0.1, -0.05) is 18.2 Å². The summed E-state index contributed by atoms with van der Waals surface area (Å²) in [6.07, 6.45) is 1.12. The minimum Gasteiger partial charge on any atom is -0.368 e. The van der Waals surface area contributed by atoms with Crippen molar-refractivity contribution in [3.05, 3.63) is 70.3 Å². The summed E-state index contributed by atoms with van der Waals surface area (Å²) < 4.78 is 5.39. The zero-order valence-corrected chi connectivity index (χ0v) is 16.6. The average Bonchev–Trinajstić information content (AvgIpc) is 3.28. The van der Waals surface area contributed by atoms with Crippen molar-refractivity contribution in [2.75, 3.05) is 19.0 Å². The minimum absolute atomic E-state index is 0.144. The van der Waals surface area contributed by atoms with Crippen LogP contribution in [0.5, 0.6) is 0 Å². The van der Waals surface area contributed by atoms with Gasteiger partial charge >= 0.3 is 0 Å². The molecule has 2 N–H and O–H groups in total. The van der Waals surface area contributed by atoms with Gasteiger partial charge in [0.15, 0.2) is 0 Å². The molecule has 30 heavy (non-hydrogen) atoms. The number of ether oxygens (including phenoxy) is 1. The minimum atomic E-state index is -0.442. The van der Waals surface area contributed by atoms with E-state index in [1.807, 2.05) is 6.07 Å². The van der Waals surface area contributed by atoms with Gasteiger partial charge in [-0.15, -0.1) is 0 Å². The van der Waals surface area contributed by atoms with E-state index in [-0.39, 0.29) is 23.9 Å². The molecule has 0 saturated carbocycles. The predicted octanol–water partition coefficient (Wildman–Crippen LogP) is 2.31. The molecule has 1 aliphatic rings. The maximum Gasteiger partial charge on any atom is 0.258 e. The smallest absolute Gasteiger partial charge is 0.258 e. The Morgan fingerprint density at radius 3 is 2.87 bits per heavy atom. The number of hydrogen-bond acceptors (Lipinski definition) is 5. The summed E-state index contributed by atoms with van der Waals surface area (Å²) in [7, 11) is 1.63. The first-order chi connectivity index (χ1) is 14.5. The van der Waals surface area contributed by atoms with E-state index in [1.165, 1.54) is 4.90 Å². The first-order valence-electron chi connectivity index (χ1n) is 9.77. The molecule has 2 aromatic carbocycles. The molecule has 2 heterocycles. The number of nitrogens with zero attached hydrogens (tertiary/aromatic N) is 2. The molecule has 4 rings (SSSR count). The lowest BCUT2D eigenvalue weighted by atomic mass is 10.1. The summed E-state index contributed by atoms with van der Waals surface area (Å²) in [6.45, 7) is 0.734. The monoisotopic (exact) mass is 406 g/mol. The molecule has 0 radical (unpaired) electrons. The van der Waals surface area contributed by atoms with E-state index in [0.29, 0.717) is 41.0 Å². The molecule has 0 spiro atoms. The summed E-state index contributed by atoms with van der Waals surface area (Å²) in [5, 5.41) is 3.31. The summed E-state index contributed by atoms with van der Waals surface area (Å²) >= 11 is 0. The van der Waals surface area contributed by atoms with Crippen LogP contribution in [-0.2, 0) is 16.1 Å². The highest BCUT2D eigenvalue weighted by Gasteiger charge is 2.24. The Bertz CT molecular complexity index is 1150. The van der Waals surface area contributed by atoms with E-state index in [2.05, 4.69) is 15.3 Å². The molecule has 0 bridgehead atoms. The van der Waals surface area contributed by atoms with Gasteiger partial charge in [0.05, 0.1) is 17.4 Å². The third-order valence-corrected chi connectivity index (χ3v) is 4.99. The number of amides is 2. The standard InChI is InChI=1S/C22H22N4O4/c1-26(13-19-24-17-9-3-2-8-16(17)20(27)25-19)22(29)14-6-4-7-15(12-14)23-21(28)18-10-5-11-30-18/h2-4,6-9,12,18H,5,10-11,13H2,1H3,(H,23,28)(H,24,25,27)/t18-/m1/s1. The van der Waals surface area contributed by atoms with E-state index < -0.39 is 6.10 Å². The molecule has 1 aliphatic heterocycles. The number of hydrogen-bond donors (Lipinski definition) is 2. The first-order valence-corrected chi connectivity index (χ1v) is 9.77. The van der Waals surface area contributed by atoms with Crippen LogP contribution < -0.4 is 10.9 Å². The van der Waals surface area contributed by atoms with Crippen LogP contribution in [0.3, 0.4) is 0 Å². The number of H-pyrrole nitrogens is 1. The highest BCUT2D eigenvalue weighted by molar-refractivity contribution is 5.98. The van der Waals surface area contributed by atoms with Crippen LogP contribution in [0, 0.1) is 0 Å². The molecule has 1 saturated heterocycles. The largest absolute Gasteiger partial charge is 0.368 e. The van der Waals surface area contributed by atoms with Crippen molar-refractivity contribution in [2.45, 2.75) is 25.5 Å². The van der Waals surface area contributed by atoms with Gasteiger partial charge in [-0.3, -0.25) is 14.4 Å². The molecule has 8 nitrogen and oxygen atoms in total. The zero-order valence-electron chi connectivity index (χ0n) is 16.6. The second-order valence-corrected chi connectivity index (χ2v) is 7.26. The number of benzene rings is 2. The lowest BCUT2D eigenvalue weighted by Crippen LogP contribution is -2.29. The van der Waals surface area contributed by atoms with Gasteiger partial charge in [0.2, 0.25) is 0 Å². The lowest BCUT2D eigenvalue weighted by molar-refractivity contribution is -0.124. The molecular weight excluding hydrogens is 384 g/mol. The molecule has 8 heteroatoms. The number of carbonyl (C=O) groups excluding carboxylic acids is 2. The zero-order chi connectivity index (χ0) is 21.1. The van der Waals surface area contributed by atoms with Crippen LogP contribution in [0.15, 0.2) is 53.3 Å². The van der Waals surface area contributed by atoms with Crippen molar-refractivity contribution >= 4 is 28.4 Å². The molecule has 0 unspecified atom stereocenters. The predicted molar refractivity (Wildman–Crippen MR) is 112 cm³/mol. The van der Waals surface area contributed by atoms with E-state index in [4.69, 9.17) is 4.74 Å². The number of aromatic nitrogens is 2. The molecule has 1 fully saturated rings. The fraction of sp³-hybridized carbons (Fsp3) is 0.273. The fourth-order valence-corrected chi connectivity index (χ4v) is 3.46. The second kappa shape index (κ2) is 8.46. The quantitative estimate of drug-likeness (QED) is 0.677. The molecule has 1 aromatic heterocycles. The molecule has 3 aromatic rings. The van der Waals surface area contributed by atoms with Gasteiger partial charge in [-0.2, -0.15) is 0 Å². The Balaban J connectivity index is 1.47. The first kappa shape index (κ1) is 19.8. The number of fused-ring (bicyclic) bond motifs is 1. The third-order valence-electron chi connectivity index (χ3n) is 4.99. The van der Waals surface area contributed by atoms with Crippen molar-refractivity contribution in [1.82, 2.24) is 14.9 Å². The fourth-order valence-electron chi connectivity index (χ4n) is 3.46. The van der Waals surface area contributed by atoms with Crippen LogP contribution in [0.4, 0.5) is 5.69 Å². The van der Waals surface area contributed by atoms with Gasteiger partial charge in [0, 0.05) is 24.9 Å². The van der Waals surface area contributed by atoms with E-state index in [0.717, 1.165) is 6.42 Å². The van der Waals surface area contributed by atoms with Crippen LogP contribution in [0.2, 0.25) is 0 Å². The van der Waals surface area contributed by atoms with Crippen molar-refractivity contribution in [1.29, 1.82) is 0 Å². The van der Waals surface area contributed by atoms with Crippen LogP contribution in [0.1, 0.15) is 29.0 Å². The number of aromatic amines is 1. The third kappa shape index (κ3) is 4.23. The summed E-state index contributed by atoms with van der Waals surface area (Å²) in [4.78, 5) is 45.9. The van der Waals surface area contributed by atoms with E-state index in [9.17, 15) is 14.4 Å². The van der Waals surface area contributed by atoms with Gasteiger partial charge < -0.3 is 19.9 Å². The van der Waals surface area contributed by atoms with Gasteiger partial charge in [-0.25, -0.2) is 4.98 Å². The number of nitrogens with one attached hydrogen (secondary N) is 2. The van der Waals surface area contributed by atoms with Gasteiger partial charge in [-0.05, 0) is 43.2 Å². The van der Waals surface area contributed by atoms with Crippen LogP contribution in [0.25, 0.3) is 10.9 Å². The van der Waals surface area contributed by atoms with Gasteiger partial charge in [0.1, 0.15) is 11.9 Å². The van der Waals surface area contributed by atoms with E-state index >= 15 is 0 Å². The van der Waals surface area contributed by atoms with Crippen LogP contribution >= 0.6 is 0 Å². The van der Waals surface area contributed by atoms with Crippen molar-refractivity contribution < 1.29 is 14.3 Å². The Kier molecular flexibility index (Phi) is 5.58. The molecule has 0 aliphatic carbocycles. The normalized spacial score (nSPS) is 15.8. The topological polar surface area (TPSA) is 104 Å². The number of para-hydroxylation sites is 1. The Morgan fingerprint density at radius 2 is 2.07 bits per heavy atom. The van der Waals surface area contributed by atoms with Crippen LogP contribution in [-0.4, -0.2) is 46.4 Å². The number of rotatable bonds is 5. The maximum absolute atomic E-state index is 12.9. The maximum atomic E-state index is 12.9. The number of carbonyl (C=O) groups is 2. The molecule has 154 valence electrons. The van der Waals surface area contributed by atoms with Gasteiger partial charge in [0.25, 0.3) is 17.4 Å².